The van der Waals surface area contributed by atoms with Crippen molar-refractivity contribution >= 4 is 34.9 Å². The molecule has 0 unspecified atom stereocenters. The summed E-state index contributed by atoms with van der Waals surface area (Å²) in [6.07, 6.45) is 8.20. The largest absolute Gasteiger partial charge is 0.372 e. The van der Waals surface area contributed by atoms with E-state index in [4.69, 9.17) is 0 Å². The molecule has 1 amide bonds. The first-order chi connectivity index (χ1) is 16.0. The molecule has 1 aromatic carbocycles. The minimum absolute atomic E-state index is 0.0187. The average molecular weight is 472 g/mol. The van der Waals surface area contributed by atoms with Gasteiger partial charge in [0.1, 0.15) is 16.5 Å². The number of unbranched alkanes of at least 4 members (excludes halogenated alkanes) is 3. The minimum atomic E-state index is 0.0187. The predicted molar refractivity (Wildman–Crippen MR) is 143 cm³/mol. The number of nitrogens with one attached hydrogen (secondary N) is 1. The lowest BCUT2D eigenvalue weighted by atomic mass is 10.1. The Morgan fingerprint density at radius 1 is 0.939 bits per heavy atom. The van der Waals surface area contributed by atoms with Gasteiger partial charge in [0.05, 0.1) is 0 Å². The van der Waals surface area contributed by atoms with Gasteiger partial charge < -0.3 is 15.1 Å². The summed E-state index contributed by atoms with van der Waals surface area (Å²) >= 11 is 1.54. The molecular formula is C26H41N5OS. The number of benzene rings is 1. The van der Waals surface area contributed by atoms with Crippen molar-refractivity contribution in [3.63, 3.8) is 0 Å². The van der Waals surface area contributed by atoms with Crippen molar-refractivity contribution in [2.24, 2.45) is 0 Å². The van der Waals surface area contributed by atoms with Crippen molar-refractivity contribution in [1.29, 1.82) is 0 Å². The molecule has 0 aliphatic heterocycles. The summed E-state index contributed by atoms with van der Waals surface area (Å²) in [4.78, 5) is 26.7. The number of aryl methyl sites for hydroxylation is 1. The molecule has 0 aliphatic rings. The van der Waals surface area contributed by atoms with E-state index in [1.807, 2.05) is 19.2 Å². The number of carbonyl (C=O) groups is 1. The monoisotopic (exact) mass is 471 g/mol. The molecule has 0 spiro atoms. The first kappa shape index (κ1) is 27.0. The third-order valence-corrected chi connectivity index (χ3v) is 6.41. The Kier molecular flexibility index (Phi) is 12.1. The zero-order valence-electron chi connectivity index (χ0n) is 21.1. The van der Waals surface area contributed by atoms with Crippen LogP contribution < -0.4 is 15.1 Å². The maximum absolute atomic E-state index is 12.9. The van der Waals surface area contributed by atoms with E-state index in [0.717, 1.165) is 55.0 Å². The van der Waals surface area contributed by atoms with E-state index in [-0.39, 0.29) is 5.91 Å². The number of carbonyl (C=O) groups excluding carboxylic acids is 1. The molecule has 1 N–H and O–H groups in total. The van der Waals surface area contributed by atoms with Crippen LogP contribution in [0.1, 0.15) is 65.1 Å². The molecule has 33 heavy (non-hydrogen) atoms. The van der Waals surface area contributed by atoms with Gasteiger partial charge in [0.15, 0.2) is 5.82 Å². The summed E-state index contributed by atoms with van der Waals surface area (Å²) in [6, 6.07) is 10.5. The van der Waals surface area contributed by atoms with Crippen LogP contribution in [0, 0.1) is 6.92 Å². The van der Waals surface area contributed by atoms with Crippen LogP contribution in [0.2, 0.25) is 0 Å². The molecule has 0 saturated heterocycles. The number of rotatable bonds is 15. The SMILES string of the molecule is CCCCCCN(CCCC(=O)Nc1c(SC)nc(C)nc1N(CC)CC)c1ccccc1. The summed E-state index contributed by atoms with van der Waals surface area (Å²) in [7, 11) is 0. The van der Waals surface area contributed by atoms with Crippen molar-refractivity contribution in [1.82, 2.24) is 9.97 Å². The molecule has 0 atom stereocenters. The van der Waals surface area contributed by atoms with E-state index in [0.29, 0.717) is 6.42 Å². The third kappa shape index (κ3) is 8.54. The number of hydrogen-bond acceptors (Lipinski definition) is 6. The Morgan fingerprint density at radius 2 is 1.64 bits per heavy atom. The van der Waals surface area contributed by atoms with Crippen molar-refractivity contribution < 1.29 is 4.79 Å². The zero-order valence-corrected chi connectivity index (χ0v) is 21.9. The van der Waals surface area contributed by atoms with Gasteiger partial charge in [-0.3, -0.25) is 4.79 Å². The van der Waals surface area contributed by atoms with Gasteiger partial charge in [-0.1, -0.05) is 44.4 Å². The Labute approximate surface area is 204 Å². The molecule has 7 heteroatoms. The summed E-state index contributed by atoms with van der Waals surface area (Å²) in [5.41, 5.74) is 1.97. The van der Waals surface area contributed by atoms with E-state index >= 15 is 0 Å². The second-order valence-electron chi connectivity index (χ2n) is 8.19. The summed E-state index contributed by atoms with van der Waals surface area (Å²) in [5.74, 6) is 1.55. The van der Waals surface area contributed by atoms with Crippen LogP contribution in [-0.2, 0) is 4.79 Å². The summed E-state index contributed by atoms with van der Waals surface area (Å²) in [6.45, 7) is 11.9. The molecular weight excluding hydrogens is 430 g/mol. The van der Waals surface area contributed by atoms with Gasteiger partial charge in [-0.15, -0.1) is 11.8 Å². The number of para-hydroxylation sites is 1. The topological polar surface area (TPSA) is 61.4 Å². The highest BCUT2D eigenvalue weighted by atomic mass is 32.2. The maximum atomic E-state index is 12.9. The highest BCUT2D eigenvalue weighted by Crippen LogP contribution is 2.32. The van der Waals surface area contributed by atoms with Gasteiger partial charge in [-0.2, -0.15) is 0 Å². The molecule has 2 aromatic rings. The van der Waals surface area contributed by atoms with Gasteiger partial charge in [0, 0.05) is 38.3 Å². The Hall–Kier alpha value is -2.28. The number of hydrogen-bond donors (Lipinski definition) is 1. The van der Waals surface area contributed by atoms with Crippen molar-refractivity contribution in [3.8, 4) is 0 Å². The number of thioether (sulfide) groups is 1. The third-order valence-electron chi connectivity index (χ3n) is 5.72. The fraction of sp³-hybridized carbons (Fsp3) is 0.577. The van der Waals surface area contributed by atoms with Crippen molar-refractivity contribution in [2.45, 2.75) is 71.2 Å². The van der Waals surface area contributed by atoms with Crippen molar-refractivity contribution in [3.05, 3.63) is 36.2 Å². The van der Waals surface area contributed by atoms with Gasteiger partial charge in [-0.05, 0) is 52.0 Å². The smallest absolute Gasteiger partial charge is 0.224 e. The molecule has 0 fully saturated rings. The molecule has 6 nitrogen and oxygen atoms in total. The van der Waals surface area contributed by atoms with Crippen LogP contribution in [0.4, 0.5) is 17.2 Å². The van der Waals surface area contributed by atoms with E-state index < -0.39 is 0 Å². The van der Waals surface area contributed by atoms with Crippen LogP contribution in [0.25, 0.3) is 0 Å². The van der Waals surface area contributed by atoms with Gasteiger partial charge in [-0.25, -0.2) is 9.97 Å². The van der Waals surface area contributed by atoms with E-state index in [1.54, 1.807) is 11.8 Å². The second kappa shape index (κ2) is 14.8. The van der Waals surface area contributed by atoms with Crippen LogP contribution in [0.3, 0.4) is 0 Å². The Morgan fingerprint density at radius 3 is 2.27 bits per heavy atom. The molecule has 0 saturated carbocycles. The van der Waals surface area contributed by atoms with Gasteiger partial charge in [0.25, 0.3) is 0 Å². The fourth-order valence-corrected chi connectivity index (χ4v) is 4.48. The highest BCUT2D eigenvalue weighted by molar-refractivity contribution is 7.98. The number of anilines is 3. The lowest BCUT2D eigenvalue weighted by Crippen LogP contribution is -2.28. The second-order valence-corrected chi connectivity index (χ2v) is 8.98. The molecule has 2 rings (SSSR count). The number of amides is 1. The normalized spacial score (nSPS) is 10.8. The maximum Gasteiger partial charge on any atom is 0.224 e. The van der Waals surface area contributed by atoms with Crippen LogP contribution in [0.5, 0.6) is 0 Å². The van der Waals surface area contributed by atoms with Crippen LogP contribution >= 0.6 is 11.8 Å². The summed E-state index contributed by atoms with van der Waals surface area (Å²) in [5, 5.41) is 3.95. The van der Waals surface area contributed by atoms with E-state index in [1.165, 1.54) is 31.4 Å². The van der Waals surface area contributed by atoms with E-state index in [9.17, 15) is 4.79 Å². The first-order valence-corrected chi connectivity index (χ1v) is 13.5. The lowest BCUT2D eigenvalue weighted by Gasteiger charge is -2.25. The summed E-state index contributed by atoms with van der Waals surface area (Å²) < 4.78 is 0. The fourth-order valence-electron chi connectivity index (χ4n) is 3.91. The molecule has 0 bridgehead atoms. The van der Waals surface area contributed by atoms with Gasteiger partial charge in [0.2, 0.25) is 5.91 Å². The Balaban J connectivity index is 2.03. The van der Waals surface area contributed by atoms with Gasteiger partial charge >= 0.3 is 0 Å². The Bertz CT molecular complexity index is 842. The van der Waals surface area contributed by atoms with E-state index in [2.05, 4.69) is 70.1 Å². The zero-order chi connectivity index (χ0) is 24.1. The quantitative estimate of drug-likeness (QED) is 0.191. The number of aromatic nitrogens is 2. The first-order valence-electron chi connectivity index (χ1n) is 12.3. The van der Waals surface area contributed by atoms with Crippen molar-refractivity contribution in [2.75, 3.05) is 47.6 Å². The number of nitrogens with zero attached hydrogens (tertiary/aromatic N) is 4. The van der Waals surface area contributed by atoms with Crippen LogP contribution in [-0.4, -0.2) is 48.3 Å². The minimum Gasteiger partial charge on any atom is -0.372 e. The van der Waals surface area contributed by atoms with Crippen LogP contribution in [0.15, 0.2) is 35.4 Å². The molecule has 182 valence electrons. The molecule has 0 radical (unpaired) electrons. The predicted octanol–water partition coefficient (Wildman–Crippen LogP) is 6.16. The average Bonchev–Trinajstić information content (AvgIpc) is 2.83. The lowest BCUT2D eigenvalue weighted by molar-refractivity contribution is -0.116. The standard InChI is InChI=1S/C26H41N5OS/c1-6-9-10-14-19-31(22-16-12-11-13-17-22)20-15-18-23(32)29-24-25(30(7-2)8-3)27-21(4)28-26(24)33-5/h11-13,16-17H,6-10,14-15,18-20H2,1-5H3,(H,29,32). The molecule has 1 heterocycles. The molecule has 0 aliphatic carbocycles. The molecule has 1 aromatic heterocycles. The highest BCUT2D eigenvalue weighted by Gasteiger charge is 2.19.